The molecule has 0 saturated carbocycles. The van der Waals surface area contributed by atoms with Crippen molar-refractivity contribution in [2.24, 2.45) is 17.2 Å². The largest absolute Gasteiger partial charge is 0.493 e. The monoisotopic (exact) mass is 377 g/mol. The van der Waals surface area contributed by atoms with Crippen molar-refractivity contribution in [1.82, 2.24) is 0 Å². The highest BCUT2D eigenvalue weighted by Crippen LogP contribution is 2.39. The molecular weight excluding hydrogens is 334 g/mol. The van der Waals surface area contributed by atoms with Crippen LogP contribution in [-0.2, 0) is 16.6 Å². The van der Waals surface area contributed by atoms with Crippen LogP contribution >= 0.6 is 0 Å². The van der Waals surface area contributed by atoms with Crippen molar-refractivity contribution < 1.29 is 4.74 Å². The maximum Gasteiger partial charge on any atom is 0.129 e. The summed E-state index contributed by atoms with van der Waals surface area (Å²) in [5.41, 5.74) is 20.8. The minimum absolute atomic E-state index is 0.474. The topological polar surface area (TPSA) is 87.3 Å². The fraction of sp³-hybridized carbons (Fsp3) is 0.739. The lowest BCUT2D eigenvalue weighted by Gasteiger charge is -2.32. The third-order valence-corrected chi connectivity index (χ3v) is 4.97. The lowest BCUT2D eigenvalue weighted by Crippen LogP contribution is -2.36. The Balaban J connectivity index is 3.16. The molecule has 0 atom stereocenters. The van der Waals surface area contributed by atoms with Crippen molar-refractivity contribution in [3.05, 3.63) is 28.8 Å². The summed E-state index contributed by atoms with van der Waals surface area (Å²) >= 11 is 0. The summed E-state index contributed by atoms with van der Waals surface area (Å²) in [6.45, 7) is 14.9. The van der Waals surface area contributed by atoms with Gasteiger partial charge in [0.1, 0.15) is 5.75 Å². The molecule has 0 aliphatic carbocycles. The highest BCUT2D eigenvalue weighted by molar-refractivity contribution is 5.51. The van der Waals surface area contributed by atoms with E-state index in [1.54, 1.807) is 0 Å². The molecule has 1 rings (SSSR count). The van der Waals surface area contributed by atoms with Crippen LogP contribution < -0.4 is 21.9 Å². The fourth-order valence-corrected chi connectivity index (χ4v) is 3.17. The highest BCUT2D eigenvalue weighted by Gasteiger charge is 2.30. The molecule has 156 valence electrons. The first-order valence-electron chi connectivity index (χ1n) is 10.5. The molecule has 0 aliphatic rings. The zero-order chi connectivity index (χ0) is 20.9. The molecule has 0 unspecified atom stereocenters. The van der Waals surface area contributed by atoms with Crippen molar-refractivity contribution in [2.45, 2.75) is 104 Å². The molecule has 0 radical (unpaired) electrons. The van der Waals surface area contributed by atoms with E-state index in [1.165, 1.54) is 32.1 Å². The van der Waals surface area contributed by atoms with E-state index in [0.717, 1.165) is 28.9 Å². The second-order valence-electron chi connectivity index (χ2n) is 9.68. The van der Waals surface area contributed by atoms with E-state index in [0.29, 0.717) is 6.61 Å². The summed E-state index contributed by atoms with van der Waals surface area (Å²) in [5.74, 6) is 0.830. The Kier molecular flexibility index (Phi) is 8.33. The van der Waals surface area contributed by atoms with Crippen molar-refractivity contribution >= 4 is 0 Å². The number of hydrogen-bond acceptors (Lipinski definition) is 4. The highest BCUT2D eigenvalue weighted by atomic mass is 16.5. The van der Waals surface area contributed by atoms with Gasteiger partial charge >= 0.3 is 0 Å². The number of rotatable bonds is 11. The zero-order valence-electron chi connectivity index (χ0n) is 18.7. The Hall–Kier alpha value is -1.10. The molecule has 0 spiro atoms. The van der Waals surface area contributed by atoms with Crippen LogP contribution in [0, 0.1) is 0 Å². The van der Waals surface area contributed by atoms with E-state index >= 15 is 0 Å². The van der Waals surface area contributed by atoms with Crippen molar-refractivity contribution in [2.75, 3.05) is 6.61 Å². The van der Waals surface area contributed by atoms with E-state index in [9.17, 15) is 0 Å². The van der Waals surface area contributed by atoms with Crippen LogP contribution in [0.3, 0.4) is 0 Å². The van der Waals surface area contributed by atoms with Gasteiger partial charge in [-0.25, -0.2) is 0 Å². The van der Waals surface area contributed by atoms with Gasteiger partial charge in [-0.15, -0.1) is 0 Å². The van der Waals surface area contributed by atoms with Gasteiger partial charge in [-0.3, -0.25) is 0 Å². The number of benzene rings is 1. The van der Waals surface area contributed by atoms with E-state index in [2.05, 4.69) is 19.1 Å². The number of hydrogen-bond donors (Lipinski definition) is 3. The smallest absolute Gasteiger partial charge is 0.129 e. The summed E-state index contributed by atoms with van der Waals surface area (Å²) in [4.78, 5) is 0. The second kappa shape index (κ2) is 9.40. The molecule has 1 aromatic carbocycles. The van der Waals surface area contributed by atoms with E-state index < -0.39 is 16.6 Å². The van der Waals surface area contributed by atoms with Crippen LogP contribution in [-0.4, -0.2) is 6.61 Å². The third kappa shape index (κ3) is 7.44. The molecule has 0 aromatic heterocycles. The maximum atomic E-state index is 6.51. The quantitative estimate of drug-likeness (QED) is 0.473. The SMILES string of the molecule is CCCCCCCCOc1c(C(C)(C)N)cc(C(C)(C)N)cc1C(C)(C)N. The predicted octanol–water partition coefficient (Wildman–Crippen LogP) is 5.01. The average molecular weight is 378 g/mol. The number of nitrogens with two attached hydrogens (primary N) is 3. The van der Waals surface area contributed by atoms with Crippen LogP contribution in [0.4, 0.5) is 0 Å². The molecular formula is C23H43N3O. The minimum Gasteiger partial charge on any atom is -0.493 e. The van der Waals surface area contributed by atoms with E-state index in [1.807, 2.05) is 41.5 Å². The maximum absolute atomic E-state index is 6.51. The van der Waals surface area contributed by atoms with Gasteiger partial charge in [-0.1, -0.05) is 39.0 Å². The average Bonchev–Trinajstić information content (AvgIpc) is 2.50. The van der Waals surface area contributed by atoms with E-state index in [-0.39, 0.29) is 0 Å². The third-order valence-electron chi connectivity index (χ3n) is 4.97. The molecule has 0 aliphatic heterocycles. The molecule has 4 heteroatoms. The molecule has 4 nitrogen and oxygen atoms in total. The molecule has 0 bridgehead atoms. The first-order valence-corrected chi connectivity index (χ1v) is 10.5. The second-order valence-corrected chi connectivity index (χ2v) is 9.68. The Bertz CT molecular complexity index is 554. The lowest BCUT2D eigenvalue weighted by atomic mass is 9.81. The minimum atomic E-state index is -0.544. The number of unbranched alkanes of at least 4 members (excludes halogenated alkanes) is 5. The van der Waals surface area contributed by atoms with Gasteiger partial charge in [0.25, 0.3) is 0 Å². The predicted molar refractivity (Wildman–Crippen MR) is 117 cm³/mol. The van der Waals surface area contributed by atoms with Crippen LogP contribution in [0.15, 0.2) is 12.1 Å². The van der Waals surface area contributed by atoms with E-state index in [4.69, 9.17) is 21.9 Å². The Labute approximate surface area is 167 Å². The number of ether oxygens (including phenoxy) is 1. The summed E-state index contributed by atoms with van der Waals surface area (Å²) in [6.07, 6.45) is 7.39. The molecule has 6 N–H and O–H groups in total. The summed E-state index contributed by atoms with van der Waals surface area (Å²) in [7, 11) is 0. The van der Waals surface area contributed by atoms with Crippen molar-refractivity contribution in [3.8, 4) is 5.75 Å². The zero-order valence-corrected chi connectivity index (χ0v) is 18.7. The van der Waals surface area contributed by atoms with Gasteiger partial charge in [0.2, 0.25) is 0 Å². The van der Waals surface area contributed by atoms with Crippen molar-refractivity contribution in [3.63, 3.8) is 0 Å². The first-order chi connectivity index (χ1) is 12.3. The van der Waals surface area contributed by atoms with Crippen molar-refractivity contribution in [1.29, 1.82) is 0 Å². The van der Waals surface area contributed by atoms with Crippen LogP contribution in [0.1, 0.15) is 104 Å². The summed E-state index contributed by atoms with van der Waals surface area (Å²) < 4.78 is 6.29. The molecule has 0 fully saturated rings. The van der Waals surface area contributed by atoms with Crippen LogP contribution in [0.2, 0.25) is 0 Å². The van der Waals surface area contributed by atoms with Gasteiger partial charge in [0.05, 0.1) is 6.61 Å². The lowest BCUT2D eigenvalue weighted by molar-refractivity contribution is 0.286. The molecule has 27 heavy (non-hydrogen) atoms. The standard InChI is InChI=1S/C23H43N3O/c1-8-9-10-11-12-13-14-27-20-18(22(4,5)25)15-17(21(2,3)24)16-19(20)23(6,7)26/h15-16H,8-14,24-26H2,1-7H3. The Morgan fingerprint density at radius 2 is 1.15 bits per heavy atom. The summed E-state index contributed by atoms with van der Waals surface area (Å²) in [6, 6.07) is 4.18. The molecule has 0 saturated heterocycles. The van der Waals surface area contributed by atoms with Gasteiger partial charge in [-0.2, -0.15) is 0 Å². The summed E-state index contributed by atoms with van der Waals surface area (Å²) in [5, 5.41) is 0. The Morgan fingerprint density at radius 3 is 1.56 bits per heavy atom. The van der Waals surface area contributed by atoms with Crippen LogP contribution in [0.25, 0.3) is 0 Å². The normalized spacial score (nSPS) is 13.1. The van der Waals surface area contributed by atoms with Gasteiger partial charge < -0.3 is 21.9 Å². The molecule has 1 aromatic rings. The van der Waals surface area contributed by atoms with Gasteiger partial charge in [0, 0.05) is 27.7 Å². The van der Waals surface area contributed by atoms with Crippen LogP contribution in [0.5, 0.6) is 5.75 Å². The van der Waals surface area contributed by atoms with Gasteiger partial charge in [-0.05, 0) is 65.7 Å². The fourth-order valence-electron chi connectivity index (χ4n) is 3.17. The first kappa shape index (κ1) is 23.9. The Morgan fingerprint density at radius 1 is 0.704 bits per heavy atom. The molecule has 0 amide bonds. The van der Waals surface area contributed by atoms with Gasteiger partial charge in [0.15, 0.2) is 0 Å². The molecule has 0 heterocycles.